The molecular formula is C22H21NO5. The number of aromatic hydroxyl groups is 1. The second-order valence-corrected chi connectivity index (χ2v) is 6.33. The van der Waals surface area contributed by atoms with Gasteiger partial charge in [-0.3, -0.25) is 4.79 Å². The van der Waals surface area contributed by atoms with Crippen molar-refractivity contribution in [3.8, 4) is 11.5 Å². The van der Waals surface area contributed by atoms with Gasteiger partial charge >= 0.3 is 5.97 Å². The van der Waals surface area contributed by atoms with Gasteiger partial charge in [0.05, 0.1) is 7.11 Å². The van der Waals surface area contributed by atoms with E-state index in [9.17, 15) is 14.7 Å². The van der Waals surface area contributed by atoms with Gasteiger partial charge in [0.1, 0.15) is 17.1 Å². The van der Waals surface area contributed by atoms with E-state index in [2.05, 4.69) is 5.32 Å². The highest BCUT2D eigenvalue weighted by atomic mass is 16.5. The number of methoxy groups -OCH3 is 1. The maximum Gasteiger partial charge on any atom is 0.342 e. The number of benzene rings is 3. The summed E-state index contributed by atoms with van der Waals surface area (Å²) in [5.74, 6) is -0.637. The number of rotatable bonds is 6. The van der Waals surface area contributed by atoms with Gasteiger partial charge in [0, 0.05) is 6.54 Å². The Bertz CT molecular complexity index is 997. The van der Waals surface area contributed by atoms with Crippen molar-refractivity contribution in [3.05, 3.63) is 71.8 Å². The molecule has 0 radical (unpaired) electrons. The van der Waals surface area contributed by atoms with Crippen LogP contribution in [0.2, 0.25) is 0 Å². The molecule has 0 fully saturated rings. The first-order valence-corrected chi connectivity index (χ1v) is 8.81. The monoisotopic (exact) mass is 379 g/mol. The predicted octanol–water partition coefficient (Wildman–Crippen LogP) is 3.42. The summed E-state index contributed by atoms with van der Waals surface area (Å²) in [4.78, 5) is 24.6. The minimum atomic E-state index is -1.00. The van der Waals surface area contributed by atoms with Gasteiger partial charge in [0.15, 0.2) is 6.10 Å². The van der Waals surface area contributed by atoms with E-state index >= 15 is 0 Å². The van der Waals surface area contributed by atoms with Crippen molar-refractivity contribution in [3.63, 3.8) is 0 Å². The molecule has 0 aromatic heterocycles. The van der Waals surface area contributed by atoms with Crippen LogP contribution in [0.3, 0.4) is 0 Å². The Kier molecular flexibility index (Phi) is 5.79. The molecule has 6 heteroatoms. The van der Waals surface area contributed by atoms with Crippen LogP contribution in [0.1, 0.15) is 22.8 Å². The van der Waals surface area contributed by atoms with Crippen LogP contribution in [0.5, 0.6) is 11.5 Å². The molecule has 0 saturated carbocycles. The zero-order chi connectivity index (χ0) is 20.1. The molecule has 0 bridgehead atoms. The zero-order valence-electron chi connectivity index (χ0n) is 15.6. The van der Waals surface area contributed by atoms with E-state index in [-0.39, 0.29) is 11.3 Å². The number of nitrogens with one attached hydrogen (secondary N) is 1. The highest BCUT2D eigenvalue weighted by Gasteiger charge is 2.21. The Labute approximate surface area is 162 Å². The SMILES string of the molecule is COc1ccc(CNC(=O)C(C)OC(=O)c2cc3ccccc3cc2O)cc1. The summed E-state index contributed by atoms with van der Waals surface area (Å²) < 4.78 is 10.3. The van der Waals surface area contributed by atoms with Gasteiger partial charge in [0.25, 0.3) is 5.91 Å². The first-order chi connectivity index (χ1) is 13.5. The lowest BCUT2D eigenvalue weighted by atomic mass is 10.1. The third-order valence-corrected chi connectivity index (χ3v) is 4.36. The van der Waals surface area contributed by atoms with E-state index < -0.39 is 18.0 Å². The summed E-state index contributed by atoms with van der Waals surface area (Å²) in [6.07, 6.45) is -1.00. The summed E-state index contributed by atoms with van der Waals surface area (Å²) in [5.41, 5.74) is 0.911. The average Bonchev–Trinajstić information content (AvgIpc) is 2.71. The molecule has 0 aliphatic heterocycles. The normalized spacial score (nSPS) is 11.6. The number of amides is 1. The molecule has 6 nitrogen and oxygen atoms in total. The molecule has 0 saturated heterocycles. The third kappa shape index (κ3) is 4.40. The summed E-state index contributed by atoms with van der Waals surface area (Å²) in [6, 6.07) is 17.7. The van der Waals surface area contributed by atoms with Crippen molar-refractivity contribution in [2.75, 3.05) is 7.11 Å². The van der Waals surface area contributed by atoms with Crippen LogP contribution in [0.15, 0.2) is 60.7 Å². The Morgan fingerprint density at radius 2 is 1.68 bits per heavy atom. The van der Waals surface area contributed by atoms with Crippen LogP contribution < -0.4 is 10.1 Å². The van der Waals surface area contributed by atoms with Crippen LogP contribution in [-0.2, 0) is 16.1 Å². The summed E-state index contributed by atoms with van der Waals surface area (Å²) in [6.45, 7) is 1.78. The van der Waals surface area contributed by atoms with E-state index in [1.165, 1.54) is 13.0 Å². The number of hydrogen-bond acceptors (Lipinski definition) is 5. The van der Waals surface area contributed by atoms with Crippen molar-refractivity contribution >= 4 is 22.6 Å². The second-order valence-electron chi connectivity index (χ2n) is 6.33. The highest BCUT2D eigenvalue weighted by molar-refractivity contribution is 5.99. The molecule has 3 aromatic rings. The average molecular weight is 379 g/mol. The Hall–Kier alpha value is -3.54. The molecule has 3 aromatic carbocycles. The van der Waals surface area contributed by atoms with Crippen LogP contribution in [0.25, 0.3) is 10.8 Å². The van der Waals surface area contributed by atoms with Crippen LogP contribution in [0.4, 0.5) is 0 Å². The van der Waals surface area contributed by atoms with E-state index in [1.807, 2.05) is 36.4 Å². The molecule has 0 aliphatic carbocycles. The lowest BCUT2D eigenvalue weighted by Crippen LogP contribution is -2.35. The Morgan fingerprint density at radius 1 is 1.04 bits per heavy atom. The lowest BCUT2D eigenvalue weighted by Gasteiger charge is -2.14. The summed E-state index contributed by atoms with van der Waals surface area (Å²) >= 11 is 0. The standard InChI is InChI=1S/C22H21NO5/c1-14(21(25)23-13-15-7-9-18(27-2)10-8-15)28-22(26)19-11-16-5-3-4-6-17(16)12-20(19)24/h3-12,14,24H,13H2,1-2H3,(H,23,25). The minimum absolute atomic E-state index is 0.0218. The minimum Gasteiger partial charge on any atom is -0.507 e. The van der Waals surface area contributed by atoms with E-state index in [4.69, 9.17) is 9.47 Å². The number of phenolic OH excluding ortho intramolecular Hbond substituents is 1. The first-order valence-electron chi connectivity index (χ1n) is 8.81. The van der Waals surface area contributed by atoms with Crippen molar-refractivity contribution in [2.24, 2.45) is 0 Å². The fourth-order valence-corrected chi connectivity index (χ4v) is 2.75. The number of esters is 1. The van der Waals surface area contributed by atoms with Gasteiger partial charge in [-0.1, -0.05) is 36.4 Å². The molecule has 0 spiro atoms. The van der Waals surface area contributed by atoms with Crippen molar-refractivity contribution in [2.45, 2.75) is 19.6 Å². The molecule has 2 N–H and O–H groups in total. The van der Waals surface area contributed by atoms with Crippen LogP contribution in [-0.4, -0.2) is 30.2 Å². The number of hydrogen-bond donors (Lipinski definition) is 2. The number of fused-ring (bicyclic) bond motifs is 1. The number of carbonyl (C=O) groups excluding carboxylic acids is 2. The topological polar surface area (TPSA) is 84.9 Å². The molecule has 144 valence electrons. The number of phenols is 1. The molecule has 1 atom stereocenters. The molecule has 3 rings (SSSR count). The fourth-order valence-electron chi connectivity index (χ4n) is 2.75. The van der Waals surface area contributed by atoms with Gasteiger partial charge in [-0.25, -0.2) is 4.79 Å². The Balaban J connectivity index is 1.61. The maximum absolute atomic E-state index is 12.4. The van der Waals surface area contributed by atoms with E-state index in [1.54, 1.807) is 25.3 Å². The van der Waals surface area contributed by atoms with Crippen molar-refractivity contribution in [1.29, 1.82) is 0 Å². The first kappa shape index (κ1) is 19.2. The molecule has 0 heterocycles. The smallest absolute Gasteiger partial charge is 0.342 e. The summed E-state index contributed by atoms with van der Waals surface area (Å²) in [7, 11) is 1.58. The molecule has 28 heavy (non-hydrogen) atoms. The van der Waals surface area contributed by atoms with Gasteiger partial charge in [-0.2, -0.15) is 0 Å². The van der Waals surface area contributed by atoms with Crippen molar-refractivity contribution in [1.82, 2.24) is 5.32 Å². The number of carbonyl (C=O) groups is 2. The fraction of sp³-hybridized carbons (Fsp3) is 0.182. The van der Waals surface area contributed by atoms with E-state index in [0.29, 0.717) is 6.54 Å². The quantitative estimate of drug-likeness (QED) is 0.641. The van der Waals surface area contributed by atoms with E-state index in [0.717, 1.165) is 22.1 Å². The van der Waals surface area contributed by atoms with Gasteiger partial charge in [-0.15, -0.1) is 0 Å². The predicted molar refractivity (Wildman–Crippen MR) is 105 cm³/mol. The number of ether oxygens (including phenoxy) is 2. The summed E-state index contributed by atoms with van der Waals surface area (Å²) in [5, 5.41) is 14.4. The molecule has 1 amide bonds. The Morgan fingerprint density at radius 3 is 2.32 bits per heavy atom. The maximum atomic E-state index is 12.4. The van der Waals surface area contributed by atoms with Gasteiger partial charge in [-0.05, 0) is 47.5 Å². The van der Waals surface area contributed by atoms with Gasteiger partial charge in [0.2, 0.25) is 0 Å². The lowest BCUT2D eigenvalue weighted by molar-refractivity contribution is -0.129. The highest BCUT2D eigenvalue weighted by Crippen LogP contribution is 2.25. The van der Waals surface area contributed by atoms with Crippen molar-refractivity contribution < 1.29 is 24.2 Å². The van der Waals surface area contributed by atoms with Crippen LogP contribution in [0, 0.1) is 0 Å². The second kappa shape index (κ2) is 8.43. The zero-order valence-corrected chi connectivity index (χ0v) is 15.6. The van der Waals surface area contributed by atoms with Crippen LogP contribution >= 0.6 is 0 Å². The third-order valence-electron chi connectivity index (χ3n) is 4.36. The molecule has 1 unspecified atom stereocenters. The largest absolute Gasteiger partial charge is 0.507 e. The molecule has 0 aliphatic rings. The van der Waals surface area contributed by atoms with Gasteiger partial charge < -0.3 is 19.9 Å². The molecular weight excluding hydrogens is 358 g/mol.